The molecule has 7 nitrogen and oxygen atoms in total. The van der Waals surface area contributed by atoms with Crippen LogP contribution in [0.4, 0.5) is 5.69 Å². The Morgan fingerprint density at radius 3 is 2.14 bits per heavy atom. The number of anilines is 1. The van der Waals surface area contributed by atoms with E-state index in [0.29, 0.717) is 31.1 Å². The predicted octanol–water partition coefficient (Wildman–Crippen LogP) is 3.13. The molecule has 0 unspecified atom stereocenters. The lowest BCUT2D eigenvalue weighted by Gasteiger charge is -2.18. The summed E-state index contributed by atoms with van der Waals surface area (Å²) in [5.74, 6) is 0.883. The third-order valence-corrected chi connectivity index (χ3v) is 6.01. The summed E-state index contributed by atoms with van der Waals surface area (Å²) in [4.78, 5) is 12.3. The molecular weight excluding hydrogens is 380 g/mol. The van der Waals surface area contributed by atoms with Gasteiger partial charge in [-0.1, -0.05) is 19.9 Å². The molecule has 28 heavy (non-hydrogen) atoms. The summed E-state index contributed by atoms with van der Waals surface area (Å²) in [6, 6.07) is 13.2. The van der Waals surface area contributed by atoms with Crippen molar-refractivity contribution in [3.8, 4) is 11.5 Å². The highest BCUT2D eigenvalue weighted by Crippen LogP contribution is 2.20. The first-order chi connectivity index (χ1) is 13.4. The fourth-order valence-corrected chi connectivity index (χ4v) is 4.10. The van der Waals surface area contributed by atoms with Crippen molar-refractivity contribution in [2.75, 3.05) is 31.6 Å². The smallest absolute Gasteiger partial charge is 0.262 e. The lowest BCUT2D eigenvalue weighted by molar-refractivity contribution is -0.118. The molecule has 2 aromatic rings. The molecule has 8 heteroatoms. The number of nitrogens with one attached hydrogen (secondary N) is 1. The molecule has 0 saturated carbocycles. The second-order valence-corrected chi connectivity index (χ2v) is 7.80. The van der Waals surface area contributed by atoms with Crippen LogP contribution >= 0.6 is 0 Å². The second-order valence-electron chi connectivity index (χ2n) is 5.86. The SMILES string of the molecule is CCOc1ccc(OCC(=O)Nc2cccc(S(=O)(=O)N(CC)CC)c2)cc1. The van der Waals surface area contributed by atoms with Crippen LogP contribution in [0.15, 0.2) is 53.4 Å². The Hall–Kier alpha value is -2.58. The van der Waals surface area contributed by atoms with Gasteiger partial charge in [0.1, 0.15) is 11.5 Å². The highest BCUT2D eigenvalue weighted by molar-refractivity contribution is 7.89. The standard InChI is InChI=1S/C20H26N2O5S/c1-4-22(5-2)28(24,25)19-9-7-8-16(14-19)21-20(23)15-27-18-12-10-17(11-13-18)26-6-3/h7-14H,4-6,15H2,1-3H3,(H,21,23). The zero-order valence-corrected chi connectivity index (χ0v) is 17.2. The number of hydrogen-bond donors (Lipinski definition) is 1. The minimum Gasteiger partial charge on any atom is -0.494 e. The van der Waals surface area contributed by atoms with Crippen LogP contribution in [0.25, 0.3) is 0 Å². The molecule has 0 atom stereocenters. The van der Waals surface area contributed by atoms with Crippen LogP contribution in [0.5, 0.6) is 11.5 Å². The van der Waals surface area contributed by atoms with E-state index in [0.717, 1.165) is 5.75 Å². The van der Waals surface area contributed by atoms with Crippen LogP contribution in [-0.2, 0) is 14.8 Å². The monoisotopic (exact) mass is 406 g/mol. The largest absolute Gasteiger partial charge is 0.494 e. The van der Waals surface area contributed by atoms with Crippen LogP contribution in [0.3, 0.4) is 0 Å². The topological polar surface area (TPSA) is 84.9 Å². The summed E-state index contributed by atoms with van der Waals surface area (Å²) in [7, 11) is -3.58. The zero-order valence-electron chi connectivity index (χ0n) is 16.3. The predicted molar refractivity (Wildman–Crippen MR) is 108 cm³/mol. The Balaban J connectivity index is 1.98. The Morgan fingerprint density at radius 2 is 1.57 bits per heavy atom. The van der Waals surface area contributed by atoms with Crippen LogP contribution in [0, 0.1) is 0 Å². The molecular formula is C20H26N2O5S. The molecule has 1 amide bonds. The summed E-state index contributed by atoms with van der Waals surface area (Å²) >= 11 is 0. The van der Waals surface area contributed by atoms with Gasteiger partial charge in [-0.25, -0.2) is 8.42 Å². The highest BCUT2D eigenvalue weighted by atomic mass is 32.2. The maximum Gasteiger partial charge on any atom is 0.262 e. The van der Waals surface area contributed by atoms with E-state index in [4.69, 9.17) is 9.47 Å². The van der Waals surface area contributed by atoms with Gasteiger partial charge in [-0.05, 0) is 49.4 Å². The summed E-state index contributed by atoms with van der Waals surface area (Å²) in [5.41, 5.74) is 0.397. The summed E-state index contributed by atoms with van der Waals surface area (Å²) in [5, 5.41) is 2.66. The molecule has 2 aromatic carbocycles. The van der Waals surface area contributed by atoms with E-state index < -0.39 is 10.0 Å². The van der Waals surface area contributed by atoms with Crippen LogP contribution in [-0.4, -0.2) is 44.9 Å². The Bertz CT molecular complexity index is 878. The van der Waals surface area contributed by atoms with Gasteiger partial charge < -0.3 is 14.8 Å². The van der Waals surface area contributed by atoms with Gasteiger partial charge in [0.25, 0.3) is 5.91 Å². The lowest BCUT2D eigenvalue weighted by Crippen LogP contribution is -2.30. The van der Waals surface area contributed by atoms with Gasteiger partial charge in [0.05, 0.1) is 11.5 Å². The van der Waals surface area contributed by atoms with Gasteiger partial charge in [0.2, 0.25) is 10.0 Å². The molecule has 0 spiro atoms. The molecule has 0 saturated heterocycles. The fourth-order valence-electron chi connectivity index (χ4n) is 2.59. The number of rotatable bonds is 10. The first-order valence-electron chi connectivity index (χ1n) is 9.16. The molecule has 0 fully saturated rings. The highest BCUT2D eigenvalue weighted by Gasteiger charge is 2.21. The molecule has 0 radical (unpaired) electrons. The van der Waals surface area contributed by atoms with E-state index in [1.165, 1.54) is 16.4 Å². The van der Waals surface area contributed by atoms with Crippen molar-refractivity contribution in [2.45, 2.75) is 25.7 Å². The van der Waals surface area contributed by atoms with Gasteiger partial charge in [-0.2, -0.15) is 4.31 Å². The average Bonchev–Trinajstić information content (AvgIpc) is 2.68. The van der Waals surface area contributed by atoms with Crippen molar-refractivity contribution in [2.24, 2.45) is 0 Å². The van der Waals surface area contributed by atoms with Crippen molar-refractivity contribution in [3.05, 3.63) is 48.5 Å². The van der Waals surface area contributed by atoms with E-state index >= 15 is 0 Å². The summed E-state index contributed by atoms with van der Waals surface area (Å²) in [6.07, 6.45) is 0. The van der Waals surface area contributed by atoms with Crippen molar-refractivity contribution >= 4 is 21.6 Å². The Morgan fingerprint density at radius 1 is 0.964 bits per heavy atom. The van der Waals surface area contributed by atoms with E-state index in [1.807, 2.05) is 6.92 Å². The van der Waals surface area contributed by atoms with Crippen LogP contribution < -0.4 is 14.8 Å². The fraction of sp³-hybridized carbons (Fsp3) is 0.350. The number of nitrogens with zero attached hydrogens (tertiary/aromatic N) is 1. The van der Waals surface area contributed by atoms with E-state index in [2.05, 4.69) is 5.32 Å². The Kier molecular flexibility index (Phi) is 7.83. The van der Waals surface area contributed by atoms with Crippen molar-refractivity contribution in [1.29, 1.82) is 0 Å². The molecule has 0 aliphatic heterocycles. The molecule has 0 aliphatic rings. The lowest BCUT2D eigenvalue weighted by atomic mass is 10.3. The zero-order chi connectivity index (χ0) is 20.6. The summed E-state index contributed by atoms with van der Waals surface area (Å²) in [6.45, 7) is 6.61. The van der Waals surface area contributed by atoms with Crippen LogP contribution in [0.2, 0.25) is 0 Å². The molecule has 1 N–H and O–H groups in total. The van der Waals surface area contributed by atoms with Crippen molar-refractivity contribution < 1.29 is 22.7 Å². The number of benzene rings is 2. The Labute approximate surface area is 166 Å². The van der Waals surface area contributed by atoms with Crippen LogP contribution in [0.1, 0.15) is 20.8 Å². The molecule has 0 aromatic heterocycles. The average molecular weight is 407 g/mol. The van der Waals surface area contributed by atoms with E-state index in [1.54, 1.807) is 50.2 Å². The third kappa shape index (κ3) is 5.71. The number of carbonyl (C=O) groups excluding carboxylic acids is 1. The quantitative estimate of drug-likeness (QED) is 0.655. The van der Waals surface area contributed by atoms with E-state index in [-0.39, 0.29) is 17.4 Å². The number of carbonyl (C=O) groups is 1. The van der Waals surface area contributed by atoms with Crippen molar-refractivity contribution in [1.82, 2.24) is 4.31 Å². The second kappa shape index (κ2) is 10.1. The minimum absolute atomic E-state index is 0.140. The first-order valence-corrected chi connectivity index (χ1v) is 10.6. The van der Waals surface area contributed by atoms with Gasteiger partial charge >= 0.3 is 0 Å². The third-order valence-electron chi connectivity index (χ3n) is 3.97. The number of hydrogen-bond acceptors (Lipinski definition) is 5. The van der Waals surface area contributed by atoms with E-state index in [9.17, 15) is 13.2 Å². The van der Waals surface area contributed by atoms with Gasteiger partial charge in [-0.3, -0.25) is 4.79 Å². The number of ether oxygens (including phenoxy) is 2. The number of sulfonamides is 1. The molecule has 0 heterocycles. The first kappa shape index (κ1) is 21.7. The normalized spacial score (nSPS) is 11.3. The maximum absolute atomic E-state index is 12.6. The van der Waals surface area contributed by atoms with Gasteiger partial charge in [0.15, 0.2) is 6.61 Å². The summed E-state index contributed by atoms with van der Waals surface area (Å²) < 4.78 is 37.4. The van der Waals surface area contributed by atoms with Gasteiger partial charge in [0, 0.05) is 18.8 Å². The molecule has 2 rings (SSSR count). The maximum atomic E-state index is 12.6. The minimum atomic E-state index is -3.58. The molecule has 0 aliphatic carbocycles. The molecule has 0 bridgehead atoms. The van der Waals surface area contributed by atoms with Gasteiger partial charge in [-0.15, -0.1) is 0 Å². The molecule has 152 valence electrons. The van der Waals surface area contributed by atoms with Crippen molar-refractivity contribution in [3.63, 3.8) is 0 Å². The number of amides is 1.